The Morgan fingerprint density at radius 1 is 1.75 bits per heavy atom. The number of nitrogens with two attached hydrogens (primary N) is 1. The molecule has 1 aliphatic rings. The predicted molar refractivity (Wildman–Crippen MR) is 43.5 cm³/mol. The van der Waals surface area contributed by atoms with Crippen molar-refractivity contribution in [1.82, 2.24) is 0 Å². The zero-order valence-electron chi connectivity index (χ0n) is 6.99. The molecular formula is C8H14NO3. The molecule has 0 aliphatic carbocycles. The second-order valence-corrected chi connectivity index (χ2v) is 2.69. The van der Waals surface area contributed by atoms with Gasteiger partial charge in [-0.3, -0.25) is 4.79 Å². The summed E-state index contributed by atoms with van der Waals surface area (Å²) in [5.41, 5.74) is 5.10. The van der Waals surface area contributed by atoms with Gasteiger partial charge in [0.05, 0.1) is 19.8 Å². The van der Waals surface area contributed by atoms with Crippen molar-refractivity contribution < 1.29 is 14.3 Å². The van der Waals surface area contributed by atoms with Crippen molar-refractivity contribution in [3.63, 3.8) is 0 Å². The van der Waals surface area contributed by atoms with E-state index in [-0.39, 0.29) is 12.3 Å². The minimum atomic E-state index is -0.0266. The number of rotatable bonds is 7. The van der Waals surface area contributed by atoms with Crippen LogP contribution in [-0.2, 0) is 14.3 Å². The fourth-order valence-electron chi connectivity index (χ4n) is 0.766. The Bertz CT molecular complexity index is 145. The lowest BCUT2D eigenvalue weighted by atomic mass is 10.2. The first-order chi connectivity index (χ1) is 5.83. The normalized spacial score (nSPS) is 20.9. The van der Waals surface area contributed by atoms with Crippen LogP contribution in [0.1, 0.15) is 6.42 Å². The molecular weight excluding hydrogens is 158 g/mol. The van der Waals surface area contributed by atoms with Crippen LogP contribution in [0.4, 0.5) is 0 Å². The Kier molecular flexibility index (Phi) is 4.21. The molecule has 1 saturated heterocycles. The number of carbonyl (C=O) groups is 1. The van der Waals surface area contributed by atoms with E-state index in [0.29, 0.717) is 25.7 Å². The van der Waals surface area contributed by atoms with E-state index in [1.807, 2.05) is 0 Å². The van der Waals surface area contributed by atoms with Crippen LogP contribution in [0.2, 0.25) is 0 Å². The maximum atomic E-state index is 10.7. The summed E-state index contributed by atoms with van der Waals surface area (Å²) in [6.07, 6.45) is 2.51. The third-order valence-corrected chi connectivity index (χ3v) is 1.54. The third-order valence-electron chi connectivity index (χ3n) is 1.54. The number of hydrogen-bond acceptors (Lipinski definition) is 4. The Balaban J connectivity index is 1.78. The van der Waals surface area contributed by atoms with Crippen LogP contribution in [0.5, 0.6) is 0 Å². The van der Waals surface area contributed by atoms with Crippen LogP contribution in [0.25, 0.3) is 0 Å². The summed E-state index contributed by atoms with van der Waals surface area (Å²) in [5, 5.41) is 0. The smallest absolute Gasteiger partial charge is 0.150 e. The summed E-state index contributed by atoms with van der Waals surface area (Å²) in [4.78, 5) is 10.7. The molecule has 0 spiro atoms. The Morgan fingerprint density at radius 3 is 3.08 bits per heavy atom. The molecule has 69 valence electrons. The summed E-state index contributed by atoms with van der Waals surface area (Å²) < 4.78 is 10.1. The molecule has 1 rings (SSSR count). The molecule has 12 heavy (non-hydrogen) atoms. The van der Waals surface area contributed by atoms with Crippen LogP contribution in [0.3, 0.4) is 0 Å². The van der Waals surface area contributed by atoms with E-state index in [2.05, 4.69) is 0 Å². The number of epoxide rings is 1. The maximum Gasteiger partial charge on any atom is 0.150 e. The molecule has 0 amide bonds. The summed E-state index contributed by atoms with van der Waals surface area (Å²) in [7, 11) is 0. The molecule has 0 aromatic rings. The van der Waals surface area contributed by atoms with Crippen LogP contribution < -0.4 is 5.73 Å². The molecule has 4 heteroatoms. The van der Waals surface area contributed by atoms with Gasteiger partial charge >= 0.3 is 0 Å². The Morgan fingerprint density at radius 2 is 2.50 bits per heavy atom. The summed E-state index contributed by atoms with van der Waals surface area (Å²) in [5.74, 6) is -0.0266. The van der Waals surface area contributed by atoms with Gasteiger partial charge in [-0.05, 0) is 6.42 Å². The van der Waals surface area contributed by atoms with E-state index in [9.17, 15) is 4.79 Å². The van der Waals surface area contributed by atoms with Crippen molar-refractivity contribution in [2.75, 3.05) is 26.4 Å². The maximum absolute atomic E-state index is 10.7. The molecule has 4 nitrogen and oxygen atoms in total. The van der Waals surface area contributed by atoms with E-state index >= 15 is 0 Å². The van der Waals surface area contributed by atoms with E-state index in [1.165, 1.54) is 0 Å². The lowest BCUT2D eigenvalue weighted by Gasteiger charge is -1.99. The number of hydrogen-bond donors (Lipinski definition) is 1. The average Bonchev–Trinajstić information content (AvgIpc) is 2.87. The minimum Gasteiger partial charge on any atom is -0.379 e. The highest BCUT2D eigenvalue weighted by molar-refractivity contribution is 5.88. The molecule has 1 fully saturated rings. The second kappa shape index (κ2) is 5.24. The Hall–Kier alpha value is -0.450. The van der Waals surface area contributed by atoms with Gasteiger partial charge in [0.1, 0.15) is 11.9 Å². The number of Topliss-reactive ketones (excluding diaryl/α,β-unsaturated/α-hetero) is 1. The van der Waals surface area contributed by atoms with Crippen molar-refractivity contribution in [1.29, 1.82) is 0 Å². The largest absolute Gasteiger partial charge is 0.379 e. The lowest BCUT2D eigenvalue weighted by molar-refractivity contribution is -0.114. The molecule has 1 heterocycles. The second-order valence-electron chi connectivity index (χ2n) is 2.69. The van der Waals surface area contributed by atoms with Crippen LogP contribution in [-0.4, -0.2) is 38.3 Å². The van der Waals surface area contributed by atoms with Crippen molar-refractivity contribution in [3.05, 3.63) is 6.42 Å². The molecule has 1 aliphatic heterocycles. The molecule has 0 aromatic heterocycles. The molecule has 0 saturated carbocycles. The highest BCUT2D eigenvalue weighted by atomic mass is 16.6. The minimum absolute atomic E-state index is 0.0266. The molecule has 0 bridgehead atoms. The van der Waals surface area contributed by atoms with Gasteiger partial charge in [-0.1, -0.05) is 0 Å². The van der Waals surface area contributed by atoms with Gasteiger partial charge in [0.25, 0.3) is 0 Å². The SMILES string of the molecule is NCC(=O)[CH]CCOCC1CO1. The lowest BCUT2D eigenvalue weighted by Crippen LogP contribution is -2.14. The predicted octanol–water partition coefficient (Wildman–Crippen LogP) is -0.476. The first-order valence-electron chi connectivity index (χ1n) is 4.08. The van der Waals surface area contributed by atoms with Crippen LogP contribution in [0.15, 0.2) is 0 Å². The summed E-state index contributed by atoms with van der Waals surface area (Å²) in [6, 6.07) is 0. The van der Waals surface area contributed by atoms with Crippen LogP contribution in [0, 0.1) is 6.42 Å². The zero-order valence-corrected chi connectivity index (χ0v) is 6.99. The quantitative estimate of drug-likeness (QED) is 0.416. The van der Waals surface area contributed by atoms with Crippen molar-refractivity contribution in [2.24, 2.45) is 5.73 Å². The number of carbonyl (C=O) groups excluding carboxylic acids is 1. The zero-order chi connectivity index (χ0) is 8.81. The van der Waals surface area contributed by atoms with Crippen molar-refractivity contribution in [2.45, 2.75) is 12.5 Å². The van der Waals surface area contributed by atoms with Gasteiger partial charge in [0, 0.05) is 13.0 Å². The van der Waals surface area contributed by atoms with Gasteiger partial charge in [-0.2, -0.15) is 0 Å². The number of ether oxygens (including phenoxy) is 2. The molecule has 1 atom stereocenters. The molecule has 0 aromatic carbocycles. The van der Waals surface area contributed by atoms with E-state index in [4.69, 9.17) is 15.2 Å². The van der Waals surface area contributed by atoms with Crippen molar-refractivity contribution in [3.8, 4) is 0 Å². The van der Waals surface area contributed by atoms with Gasteiger partial charge in [-0.15, -0.1) is 0 Å². The first-order valence-corrected chi connectivity index (χ1v) is 4.08. The van der Waals surface area contributed by atoms with Crippen molar-refractivity contribution >= 4 is 5.78 Å². The molecule has 1 unspecified atom stereocenters. The topological polar surface area (TPSA) is 64.9 Å². The molecule has 1 radical (unpaired) electrons. The summed E-state index contributed by atoms with van der Waals surface area (Å²) in [6.45, 7) is 2.12. The average molecular weight is 172 g/mol. The highest BCUT2D eigenvalue weighted by Crippen LogP contribution is 2.08. The first kappa shape index (κ1) is 9.64. The van der Waals surface area contributed by atoms with E-state index < -0.39 is 0 Å². The fourth-order valence-corrected chi connectivity index (χ4v) is 0.766. The monoisotopic (exact) mass is 172 g/mol. The fraction of sp³-hybridized carbons (Fsp3) is 0.750. The van der Waals surface area contributed by atoms with Gasteiger partial charge in [0.15, 0.2) is 0 Å². The molecule has 2 N–H and O–H groups in total. The Labute approximate surface area is 72.0 Å². The van der Waals surface area contributed by atoms with E-state index in [0.717, 1.165) is 6.61 Å². The van der Waals surface area contributed by atoms with Gasteiger partial charge in [-0.25, -0.2) is 0 Å². The van der Waals surface area contributed by atoms with E-state index in [1.54, 1.807) is 6.42 Å². The third kappa shape index (κ3) is 4.43. The summed E-state index contributed by atoms with van der Waals surface area (Å²) >= 11 is 0. The van der Waals surface area contributed by atoms with Crippen LogP contribution >= 0.6 is 0 Å². The number of ketones is 1. The van der Waals surface area contributed by atoms with Gasteiger partial charge in [0.2, 0.25) is 0 Å². The van der Waals surface area contributed by atoms with Gasteiger partial charge < -0.3 is 15.2 Å². The highest BCUT2D eigenvalue weighted by Gasteiger charge is 2.21. The standard InChI is InChI=1S/C8H14NO3/c9-4-7(10)2-1-3-11-5-8-6-12-8/h2,8H,1,3-6,9H2.